The van der Waals surface area contributed by atoms with Crippen LogP contribution in [0, 0.1) is 11.6 Å². The minimum absolute atomic E-state index is 0.0881. The summed E-state index contributed by atoms with van der Waals surface area (Å²) in [6.45, 7) is 0.245. The van der Waals surface area contributed by atoms with Crippen LogP contribution in [0.2, 0.25) is 0 Å². The first-order valence-corrected chi connectivity index (χ1v) is 7.55. The lowest BCUT2D eigenvalue weighted by Crippen LogP contribution is -2.36. The molecule has 122 valence electrons. The Kier molecular flexibility index (Phi) is 4.38. The number of nitrogens with zero attached hydrogens (tertiary/aromatic N) is 2. The van der Waals surface area contributed by atoms with Gasteiger partial charge in [-0.15, -0.1) is 0 Å². The molecule has 1 aromatic heterocycles. The molecule has 1 aliphatic carbocycles. The van der Waals surface area contributed by atoms with Gasteiger partial charge in [-0.25, -0.2) is 13.5 Å². The molecule has 7 heteroatoms. The Morgan fingerprint density at radius 1 is 1.35 bits per heavy atom. The second-order valence-electron chi connectivity index (χ2n) is 5.63. The second kappa shape index (κ2) is 6.45. The Balaban J connectivity index is 1.92. The van der Waals surface area contributed by atoms with Crippen LogP contribution < -0.4 is 10.6 Å². The van der Waals surface area contributed by atoms with Crippen LogP contribution in [0.4, 0.5) is 8.78 Å². The third-order valence-electron chi connectivity index (χ3n) is 3.95. The van der Waals surface area contributed by atoms with Gasteiger partial charge in [0.1, 0.15) is 11.6 Å². The summed E-state index contributed by atoms with van der Waals surface area (Å²) < 4.78 is 28.4. The number of carbonyl (C=O) groups is 1. The standard InChI is InChI=1S/C16H18F2N4O/c1-19-9-16(23)21-14-3-2-4-15-13(14)8-20-22(15)12-6-10(17)5-11(18)7-12/h5-8,14,19H,2-4,9H2,1H3,(H,21,23)/t14-/m1/s1. The zero-order chi connectivity index (χ0) is 16.4. The lowest BCUT2D eigenvalue weighted by Gasteiger charge is -2.24. The summed E-state index contributed by atoms with van der Waals surface area (Å²) in [6, 6.07) is 3.21. The van der Waals surface area contributed by atoms with Crippen LogP contribution >= 0.6 is 0 Å². The summed E-state index contributed by atoms with van der Waals surface area (Å²) in [7, 11) is 1.71. The average Bonchev–Trinajstić information content (AvgIpc) is 2.91. The molecule has 0 saturated carbocycles. The molecule has 23 heavy (non-hydrogen) atoms. The summed E-state index contributed by atoms with van der Waals surface area (Å²) >= 11 is 0. The lowest BCUT2D eigenvalue weighted by molar-refractivity contribution is -0.121. The number of hydrogen-bond donors (Lipinski definition) is 2. The molecule has 0 unspecified atom stereocenters. The summed E-state index contributed by atoms with van der Waals surface area (Å²) in [6.07, 6.45) is 4.13. The minimum Gasteiger partial charge on any atom is -0.348 e. The van der Waals surface area contributed by atoms with Gasteiger partial charge in [-0.3, -0.25) is 4.79 Å². The molecular formula is C16H18F2N4O. The van der Waals surface area contributed by atoms with Gasteiger partial charge in [0.05, 0.1) is 24.5 Å². The van der Waals surface area contributed by atoms with Crippen molar-refractivity contribution in [1.29, 1.82) is 0 Å². The number of benzene rings is 1. The van der Waals surface area contributed by atoms with E-state index in [4.69, 9.17) is 0 Å². The van der Waals surface area contributed by atoms with Gasteiger partial charge in [0, 0.05) is 17.3 Å². The van der Waals surface area contributed by atoms with E-state index >= 15 is 0 Å². The Labute approximate surface area is 132 Å². The Bertz CT molecular complexity index is 709. The largest absolute Gasteiger partial charge is 0.348 e. The summed E-state index contributed by atoms with van der Waals surface area (Å²) in [4.78, 5) is 11.8. The second-order valence-corrected chi connectivity index (χ2v) is 5.63. The maximum Gasteiger partial charge on any atom is 0.234 e. The van der Waals surface area contributed by atoms with Gasteiger partial charge in [-0.1, -0.05) is 0 Å². The average molecular weight is 320 g/mol. The highest BCUT2D eigenvalue weighted by atomic mass is 19.1. The molecule has 1 aromatic carbocycles. The van der Waals surface area contributed by atoms with E-state index in [2.05, 4.69) is 15.7 Å². The Morgan fingerprint density at radius 2 is 2.09 bits per heavy atom. The predicted octanol–water partition coefficient (Wildman–Crippen LogP) is 1.86. The van der Waals surface area contributed by atoms with Crippen LogP contribution in [-0.2, 0) is 11.2 Å². The highest BCUT2D eigenvalue weighted by Gasteiger charge is 2.26. The van der Waals surface area contributed by atoms with Gasteiger partial charge in [0.15, 0.2) is 0 Å². The summed E-state index contributed by atoms with van der Waals surface area (Å²) in [5, 5.41) is 10.0. The highest BCUT2D eigenvalue weighted by Crippen LogP contribution is 2.31. The molecular weight excluding hydrogens is 302 g/mol. The topological polar surface area (TPSA) is 59.0 Å². The molecule has 2 aromatic rings. The molecule has 5 nitrogen and oxygen atoms in total. The molecule has 1 atom stereocenters. The molecule has 0 aliphatic heterocycles. The van der Waals surface area contributed by atoms with Gasteiger partial charge < -0.3 is 10.6 Å². The van der Waals surface area contributed by atoms with Crippen molar-refractivity contribution in [1.82, 2.24) is 20.4 Å². The molecule has 1 heterocycles. The van der Waals surface area contributed by atoms with E-state index in [9.17, 15) is 13.6 Å². The zero-order valence-corrected chi connectivity index (χ0v) is 12.8. The first kappa shape index (κ1) is 15.6. The van der Waals surface area contributed by atoms with Gasteiger partial charge in [0.25, 0.3) is 0 Å². The molecule has 1 amide bonds. The van der Waals surface area contributed by atoms with Gasteiger partial charge in [-0.2, -0.15) is 5.10 Å². The molecule has 1 aliphatic rings. The van der Waals surface area contributed by atoms with Crippen LogP contribution in [0.15, 0.2) is 24.4 Å². The number of hydrogen-bond acceptors (Lipinski definition) is 3. The monoisotopic (exact) mass is 320 g/mol. The van der Waals surface area contributed by atoms with E-state index in [1.807, 2.05) is 0 Å². The number of carbonyl (C=O) groups excluding carboxylic acids is 1. The van der Waals surface area contributed by atoms with Crippen LogP contribution in [-0.4, -0.2) is 29.3 Å². The smallest absolute Gasteiger partial charge is 0.234 e. The van der Waals surface area contributed by atoms with Crippen molar-refractivity contribution in [2.75, 3.05) is 13.6 Å². The first-order chi connectivity index (χ1) is 11.1. The molecule has 3 rings (SSSR count). The van der Waals surface area contributed by atoms with Crippen LogP contribution in [0.1, 0.15) is 30.1 Å². The number of amides is 1. The van der Waals surface area contributed by atoms with Crippen LogP contribution in [0.5, 0.6) is 0 Å². The fourth-order valence-corrected chi connectivity index (χ4v) is 3.00. The number of nitrogens with one attached hydrogen (secondary N) is 2. The maximum atomic E-state index is 13.4. The molecule has 0 bridgehead atoms. The van der Waals surface area contributed by atoms with Gasteiger partial charge in [-0.05, 0) is 38.4 Å². The van der Waals surface area contributed by atoms with Crippen LogP contribution in [0.3, 0.4) is 0 Å². The Hall–Kier alpha value is -2.28. The molecule has 0 spiro atoms. The molecule has 0 radical (unpaired) electrons. The lowest BCUT2D eigenvalue weighted by atomic mass is 9.93. The first-order valence-electron chi connectivity index (χ1n) is 7.55. The maximum absolute atomic E-state index is 13.4. The number of likely N-dealkylation sites (N-methyl/N-ethyl adjacent to an activating group) is 1. The highest BCUT2D eigenvalue weighted by molar-refractivity contribution is 5.78. The number of fused-ring (bicyclic) bond motifs is 1. The van der Waals surface area contributed by atoms with E-state index in [0.717, 1.165) is 36.6 Å². The van der Waals surface area contributed by atoms with Gasteiger partial charge in [0.2, 0.25) is 5.91 Å². The molecule has 0 fully saturated rings. The van der Waals surface area contributed by atoms with Crippen molar-refractivity contribution < 1.29 is 13.6 Å². The molecule has 0 saturated heterocycles. The van der Waals surface area contributed by atoms with Crippen LogP contribution in [0.25, 0.3) is 5.69 Å². The third-order valence-corrected chi connectivity index (χ3v) is 3.95. The van der Waals surface area contributed by atoms with E-state index in [-0.39, 0.29) is 18.5 Å². The summed E-state index contributed by atoms with van der Waals surface area (Å²) in [5.74, 6) is -1.37. The quantitative estimate of drug-likeness (QED) is 0.904. The zero-order valence-electron chi connectivity index (χ0n) is 12.8. The predicted molar refractivity (Wildman–Crippen MR) is 81.2 cm³/mol. The van der Waals surface area contributed by atoms with Crippen molar-refractivity contribution in [2.24, 2.45) is 0 Å². The third kappa shape index (κ3) is 3.24. The van der Waals surface area contributed by atoms with Crippen molar-refractivity contribution >= 4 is 5.91 Å². The summed E-state index contributed by atoms with van der Waals surface area (Å²) in [5.41, 5.74) is 2.15. The van der Waals surface area contributed by atoms with E-state index in [0.29, 0.717) is 5.69 Å². The number of rotatable bonds is 4. The van der Waals surface area contributed by atoms with Gasteiger partial charge >= 0.3 is 0 Å². The Morgan fingerprint density at radius 3 is 2.78 bits per heavy atom. The fraction of sp³-hybridized carbons (Fsp3) is 0.375. The van der Waals surface area contributed by atoms with Crippen molar-refractivity contribution in [3.05, 3.63) is 47.3 Å². The van der Waals surface area contributed by atoms with E-state index in [1.54, 1.807) is 17.9 Å². The van der Waals surface area contributed by atoms with E-state index < -0.39 is 11.6 Å². The SMILES string of the molecule is CNCC(=O)N[C@@H]1CCCc2c1cnn2-c1cc(F)cc(F)c1. The normalized spacial score (nSPS) is 16.9. The van der Waals surface area contributed by atoms with Crippen molar-refractivity contribution in [2.45, 2.75) is 25.3 Å². The van der Waals surface area contributed by atoms with Crippen molar-refractivity contribution in [3.63, 3.8) is 0 Å². The number of halogens is 2. The fourth-order valence-electron chi connectivity index (χ4n) is 3.00. The van der Waals surface area contributed by atoms with E-state index in [1.165, 1.54) is 12.1 Å². The number of aromatic nitrogens is 2. The molecule has 2 N–H and O–H groups in total. The van der Waals surface area contributed by atoms with Crippen molar-refractivity contribution in [3.8, 4) is 5.69 Å². The minimum atomic E-state index is -0.640.